The number of fused-ring (bicyclic) bond motifs is 7. The quantitative estimate of drug-likeness (QED) is 0.171. The Morgan fingerprint density at radius 2 is 0.759 bits per heavy atom. The van der Waals surface area contributed by atoms with Crippen LogP contribution in [-0.4, -0.2) is 9.13 Å². The normalized spacial score (nSPS) is 11.7. The summed E-state index contributed by atoms with van der Waals surface area (Å²) < 4.78 is 4.82. The standard InChI is InChI=1S/C52H34N2/c1-2-18-40(19-3-1)53-49-26-10-7-22-44(49)46-33-37(28-30-51(46)53)36-16-12-17-38(32-36)43-21-6-9-25-48(43)54-50-27-11-8-23-45(50)47-34-39(29-31-52(47)54)42-24-13-15-35-14-4-5-20-41(35)42/h1-34H. The Labute approximate surface area is 313 Å². The molecular weight excluding hydrogens is 653 g/mol. The molecule has 11 aromatic rings. The molecule has 252 valence electrons. The van der Waals surface area contributed by atoms with Gasteiger partial charge in [0.25, 0.3) is 0 Å². The Bertz CT molecular complexity index is 3210. The third-order valence-electron chi connectivity index (χ3n) is 11.1. The summed E-state index contributed by atoms with van der Waals surface area (Å²) in [6.45, 7) is 0. The van der Waals surface area contributed by atoms with Gasteiger partial charge in [0.05, 0.1) is 27.8 Å². The molecule has 0 aliphatic rings. The molecule has 0 aliphatic carbocycles. The van der Waals surface area contributed by atoms with Crippen molar-refractivity contribution < 1.29 is 0 Å². The highest BCUT2D eigenvalue weighted by molar-refractivity contribution is 6.12. The Kier molecular flexibility index (Phi) is 6.90. The van der Waals surface area contributed by atoms with Gasteiger partial charge in [-0.2, -0.15) is 0 Å². The van der Waals surface area contributed by atoms with Crippen LogP contribution in [0.2, 0.25) is 0 Å². The molecule has 0 aliphatic heterocycles. The second-order valence-corrected chi connectivity index (χ2v) is 14.1. The van der Waals surface area contributed by atoms with Crippen LogP contribution in [0.1, 0.15) is 0 Å². The highest BCUT2D eigenvalue weighted by Gasteiger charge is 2.18. The Balaban J connectivity index is 1.06. The first-order valence-corrected chi connectivity index (χ1v) is 18.6. The minimum absolute atomic E-state index is 1.17. The first kappa shape index (κ1) is 30.5. The molecule has 0 fully saturated rings. The van der Waals surface area contributed by atoms with Gasteiger partial charge < -0.3 is 9.13 Å². The number of hydrogen-bond acceptors (Lipinski definition) is 0. The van der Waals surface area contributed by atoms with Crippen molar-refractivity contribution in [1.29, 1.82) is 0 Å². The van der Waals surface area contributed by atoms with Gasteiger partial charge in [-0.3, -0.25) is 0 Å². The van der Waals surface area contributed by atoms with Crippen LogP contribution in [0.5, 0.6) is 0 Å². The fourth-order valence-electron chi connectivity index (χ4n) is 8.66. The van der Waals surface area contributed by atoms with Crippen LogP contribution in [0.3, 0.4) is 0 Å². The summed E-state index contributed by atoms with van der Waals surface area (Å²) >= 11 is 0. The van der Waals surface area contributed by atoms with E-state index in [1.165, 1.54) is 99.1 Å². The monoisotopic (exact) mass is 686 g/mol. The molecular formula is C52H34N2. The summed E-state index contributed by atoms with van der Waals surface area (Å²) in [6, 6.07) is 75.2. The summed E-state index contributed by atoms with van der Waals surface area (Å²) in [5.41, 5.74) is 14.4. The molecule has 11 rings (SSSR count). The average Bonchev–Trinajstić information content (AvgIpc) is 3.76. The van der Waals surface area contributed by atoms with E-state index >= 15 is 0 Å². The van der Waals surface area contributed by atoms with Crippen LogP contribution in [0.4, 0.5) is 0 Å². The van der Waals surface area contributed by atoms with Gasteiger partial charge in [-0.15, -0.1) is 0 Å². The van der Waals surface area contributed by atoms with E-state index in [1.807, 2.05) is 0 Å². The summed E-state index contributed by atoms with van der Waals surface area (Å²) in [5, 5.41) is 7.55. The largest absolute Gasteiger partial charge is 0.309 e. The van der Waals surface area contributed by atoms with Crippen molar-refractivity contribution in [2.75, 3.05) is 0 Å². The fourth-order valence-corrected chi connectivity index (χ4v) is 8.66. The Hall–Kier alpha value is -7.16. The lowest BCUT2D eigenvalue weighted by Crippen LogP contribution is -1.97. The van der Waals surface area contributed by atoms with Gasteiger partial charge in [0, 0.05) is 32.8 Å². The molecule has 0 saturated carbocycles. The zero-order valence-electron chi connectivity index (χ0n) is 29.5. The SMILES string of the molecule is c1ccc(-n2c3ccccc3c3cc(-c4cccc(-c5ccccc5-n5c6ccccc6c6cc(-c7cccc8ccccc78)ccc65)c4)ccc32)cc1. The molecule has 2 aromatic heterocycles. The lowest BCUT2D eigenvalue weighted by molar-refractivity contribution is 1.18. The minimum Gasteiger partial charge on any atom is -0.309 e. The zero-order valence-corrected chi connectivity index (χ0v) is 29.5. The Morgan fingerprint density at radius 1 is 0.259 bits per heavy atom. The van der Waals surface area contributed by atoms with Crippen molar-refractivity contribution in [1.82, 2.24) is 9.13 Å². The van der Waals surface area contributed by atoms with Gasteiger partial charge in [0.15, 0.2) is 0 Å². The zero-order chi connectivity index (χ0) is 35.6. The lowest BCUT2D eigenvalue weighted by Gasteiger charge is -2.15. The molecule has 0 radical (unpaired) electrons. The summed E-state index contributed by atoms with van der Waals surface area (Å²) in [4.78, 5) is 0. The summed E-state index contributed by atoms with van der Waals surface area (Å²) in [7, 11) is 0. The van der Waals surface area contributed by atoms with E-state index in [-0.39, 0.29) is 0 Å². The third-order valence-corrected chi connectivity index (χ3v) is 11.1. The molecule has 0 amide bonds. The van der Waals surface area contributed by atoms with Crippen LogP contribution in [0, 0.1) is 0 Å². The van der Waals surface area contributed by atoms with Crippen molar-refractivity contribution >= 4 is 54.4 Å². The summed E-state index contributed by atoms with van der Waals surface area (Å²) in [6.07, 6.45) is 0. The maximum atomic E-state index is 2.45. The van der Waals surface area contributed by atoms with Crippen LogP contribution in [0.25, 0.3) is 99.1 Å². The Morgan fingerprint density at radius 3 is 1.57 bits per heavy atom. The molecule has 0 bridgehead atoms. The predicted molar refractivity (Wildman–Crippen MR) is 229 cm³/mol. The van der Waals surface area contributed by atoms with E-state index in [2.05, 4.69) is 215 Å². The first-order valence-electron chi connectivity index (χ1n) is 18.6. The highest BCUT2D eigenvalue weighted by atomic mass is 15.0. The maximum Gasteiger partial charge on any atom is 0.0541 e. The molecule has 0 atom stereocenters. The molecule has 0 unspecified atom stereocenters. The van der Waals surface area contributed by atoms with Gasteiger partial charge in [0.1, 0.15) is 0 Å². The van der Waals surface area contributed by atoms with Crippen LogP contribution < -0.4 is 0 Å². The van der Waals surface area contributed by atoms with Crippen molar-refractivity contribution in [2.24, 2.45) is 0 Å². The van der Waals surface area contributed by atoms with Crippen LogP contribution in [-0.2, 0) is 0 Å². The van der Waals surface area contributed by atoms with Gasteiger partial charge >= 0.3 is 0 Å². The first-order chi connectivity index (χ1) is 26.8. The van der Waals surface area contributed by atoms with Crippen LogP contribution >= 0.6 is 0 Å². The van der Waals surface area contributed by atoms with Crippen molar-refractivity contribution in [2.45, 2.75) is 0 Å². The van der Waals surface area contributed by atoms with Gasteiger partial charge in [-0.1, -0.05) is 146 Å². The average molecular weight is 687 g/mol. The number of para-hydroxylation sites is 4. The molecule has 0 saturated heterocycles. The lowest BCUT2D eigenvalue weighted by atomic mass is 9.96. The van der Waals surface area contributed by atoms with E-state index in [0.717, 1.165) is 0 Å². The molecule has 0 N–H and O–H groups in total. The fraction of sp³-hybridized carbons (Fsp3) is 0. The highest BCUT2D eigenvalue weighted by Crippen LogP contribution is 2.40. The second kappa shape index (κ2) is 12.2. The number of benzene rings is 9. The van der Waals surface area contributed by atoms with Crippen molar-refractivity contribution in [3.63, 3.8) is 0 Å². The predicted octanol–water partition coefficient (Wildman–Crippen LogP) is 14.0. The number of aromatic nitrogens is 2. The molecule has 0 spiro atoms. The molecule has 2 heterocycles. The summed E-state index contributed by atoms with van der Waals surface area (Å²) in [5.74, 6) is 0. The molecule has 2 nitrogen and oxygen atoms in total. The van der Waals surface area contributed by atoms with Gasteiger partial charge in [0.2, 0.25) is 0 Å². The number of hydrogen-bond donors (Lipinski definition) is 0. The topological polar surface area (TPSA) is 9.86 Å². The van der Waals surface area contributed by atoms with E-state index in [1.54, 1.807) is 0 Å². The third kappa shape index (κ3) is 4.74. The van der Waals surface area contributed by atoms with Crippen LogP contribution in [0.15, 0.2) is 206 Å². The van der Waals surface area contributed by atoms with Crippen molar-refractivity contribution in [3.05, 3.63) is 206 Å². The van der Waals surface area contributed by atoms with Crippen molar-refractivity contribution in [3.8, 4) is 44.8 Å². The molecule has 54 heavy (non-hydrogen) atoms. The maximum absolute atomic E-state index is 2.45. The van der Waals surface area contributed by atoms with Gasteiger partial charge in [-0.05, 0) is 99.3 Å². The molecule has 9 aromatic carbocycles. The van der Waals surface area contributed by atoms with E-state index in [9.17, 15) is 0 Å². The number of rotatable bonds is 5. The van der Waals surface area contributed by atoms with E-state index < -0.39 is 0 Å². The van der Waals surface area contributed by atoms with E-state index in [0.29, 0.717) is 0 Å². The molecule has 2 heteroatoms. The second-order valence-electron chi connectivity index (χ2n) is 14.1. The minimum atomic E-state index is 1.17. The smallest absolute Gasteiger partial charge is 0.0541 e. The van der Waals surface area contributed by atoms with Gasteiger partial charge in [-0.25, -0.2) is 0 Å². The number of nitrogens with zero attached hydrogens (tertiary/aromatic N) is 2. The van der Waals surface area contributed by atoms with E-state index in [4.69, 9.17) is 0 Å².